The summed E-state index contributed by atoms with van der Waals surface area (Å²) in [6.45, 7) is 4.29. The maximum Gasteiger partial charge on any atom is 0.240 e. The summed E-state index contributed by atoms with van der Waals surface area (Å²) in [6, 6.07) is 6.41. The number of sulfonamides is 1. The van der Waals surface area contributed by atoms with Gasteiger partial charge >= 0.3 is 0 Å². The fourth-order valence-corrected chi connectivity index (χ4v) is 4.55. The Morgan fingerprint density at radius 1 is 1.33 bits per heavy atom. The highest BCUT2D eigenvalue weighted by Gasteiger charge is 2.34. The molecule has 0 aliphatic heterocycles. The highest BCUT2D eigenvalue weighted by molar-refractivity contribution is 7.89. The van der Waals surface area contributed by atoms with Gasteiger partial charge in [0.15, 0.2) is 0 Å². The number of nitrogens with two attached hydrogens (primary N) is 1. The molecule has 1 aliphatic rings. The van der Waals surface area contributed by atoms with Crippen LogP contribution in [0.5, 0.6) is 0 Å². The van der Waals surface area contributed by atoms with Gasteiger partial charge in [0.1, 0.15) is 4.99 Å². The number of nitrogens with one attached hydrogen (secondary N) is 1. The molecule has 0 amide bonds. The minimum Gasteiger partial charge on any atom is -0.389 e. The van der Waals surface area contributed by atoms with Crippen LogP contribution in [0.1, 0.15) is 38.7 Å². The Hall–Kier alpha value is -0.980. The molecule has 0 radical (unpaired) electrons. The van der Waals surface area contributed by atoms with E-state index >= 15 is 0 Å². The molecule has 116 valence electrons. The Bertz CT molecular complexity index is 611. The molecule has 4 nitrogen and oxygen atoms in total. The smallest absolute Gasteiger partial charge is 0.240 e. The molecule has 1 fully saturated rings. The number of rotatable bonds is 5. The van der Waals surface area contributed by atoms with Crippen LogP contribution in [0.15, 0.2) is 29.2 Å². The second-order valence-electron chi connectivity index (χ2n) is 5.72. The highest BCUT2D eigenvalue weighted by Crippen LogP contribution is 2.34. The third-order valence-corrected chi connectivity index (χ3v) is 6.25. The Morgan fingerprint density at radius 2 is 1.95 bits per heavy atom. The van der Waals surface area contributed by atoms with Crippen molar-refractivity contribution in [1.82, 2.24) is 4.72 Å². The molecule has 1 aliphatic carbocycles. The molecule has 0 saturated heterocycles. The van der Waals surface area contributed by atoms with Gasteiger partial charge in [-0.3, -0.25) is 0 Å². The van der Waals surface area contributed by atoms with Crippen LogP contribution in [-0.2, 0) is 10.0 Å². The zero-order chi connectivity index (χ0) is 15.6. The summed E-state index contributed by atoms with van der Waals surface area (Å²) >= 11 is 4.87. The lowest BCUT2D eigenvalue weighted by Crippen LogP contribution is -2.37. The van der Waals surface area contributed by atoms with Crippen LogP contribution >= 0.6 is 12.2 Å². The molecule has 1 aromatic carbocycles. The molecule has 6 heteroatoms. The zero-order valence-electron chi connectivity index (χ0n) is 12.4. The number of hydrogen-bond donors (Lipinski definition) is 2. The van der Waals surface area contributed by atoms with Crippen molar-refractivity contribution in [3.8, 4) is 0 Å². The first-order valence-electron chi connectivity index (χ1n) is 7.27. The molecule has 3 atom stereocenters. The van der Waals surface area contributed by atoms with Gasteiger partial charge in [0, 0.05) is 11.6 Å². The van der Waals surface area contributed by atoms with Gasteiger partial charge in [-0.05, 0) is 36.8 Å². The van der Waals surface area contributed by atoms with E-state index in [9.17, 15) is 8.42 Å². The van der Waals surface area contributed by atoms with Gasteiger partial charge in [-0.25, -0.2) is 13.1 Å². The monoisotopic (exact) mass is 326 g/mol. The van der Waals surface area contributed by atoms with Crippen molar-refractivity contribution >= 4 is 27.2 Å². The number of benzene rings is 1. The SMILES string of the molecule is CCC1CCC(NS(=O)(=O)c2ccc(C(N)=S)cc2)C1C. The predicted molar refractivity (Wildman–Crippen MR) is 88.6 cm³/mol. The number of hydrogen-bond acceptors (Lipinski definition) is 3. The van der Waals surface area contributed by atoms with E-state index in [4.69, 9.17) is 18.0 Å². The first-order valence-corrected chi connectivity index (χ1v) is 9.16. The summed E-state index contributed by atoms with van der Waals surface area (Å²) in [7, 11) is -3.48. The van der Waals surface area contributed by atoms with Crippen molar-refractivity contribution in [2.24, 2.45) is 17.6 Å². The topological polar surface area (TPSA) is 72.2 Å². The molecular weight excluding hydrogens is 304 g/mol. The lowest BCUT2D eigenvalue weighted by molar-refractivity contribution is 0.368. The van der Waals surface area contributed by atoms with Crippen molar-refractivity contribution in [1.29, 1.82) is 0 Å². The van der Waals surface area contributed by atoms with Gasteiger partial charge in [0.25, 0.3) is 0 Å². The second-order valence-corrected chi connectivity index (χ2v) is 7.88. The first-order chi connectivity index (χ1) is 9.85. The molecule has 3 unspecified atom stereocenters. The Balaban J connectivity index is 2.13. The van der Waals surface area contributed by atoms with E-state index in [1.807, 2.05) is 0 Å². The Kier molecular flexibility index (Phi) is 5.01. The molecule has 2 rings (SSSR count). The maximum atomic E-state index is 12.4. The predicted octanol–water partition coefficient (Wildman–Crippen LogP) is 2.42. The van der Waals surface area contributed by atoms with Gasteiger partial charge in [0.2, 0.25) is 10.0 Å². The van der Waals surface area contributed by atoms with Crippen LogP contribution in [0.2, 0.25) is 0 Å². The third-order valence-electron chi connectivity index (χ3n) is 4.51. The van der Waals surface area contributed by atoms with Gasteiger partial charge < -0.3 is 5.73 Å². The molecule has 0 aromatic heterocycles. The standard InChI is InChI=1S/C15H22N2O2S2/c1-3-11-6-9-14(10(11)2)17-21(18,19)13-7-4-12(5-8-13)15(16)20/h4-5,7-8,10-11,14,17H,3,6,9H2,1-2H3,(H2,16,20). The molecule has 0 heterocycles. The molecule has 1 saturated carbocycles. The molecule has 3 N–H and O–H groups in total. The van der Waals surface area contributed by atoms with E-state index in [-0.39, 0.29) is 15.9 Å². The summed E-state index contributed by atoms with van der Waals surface area (Å²) in [5, 5.41) is 0. The van der Waals surface area contributed by atoms with Gasteiger partial charge in [-0.2, -0.15) is 0 Å². The summed E-state index contributed by atoms with van der Waals surface area (Å²) in [5.74, 6) is 0.982. The van der Waals surface area contributed by atoms with E-state index in [2.05, 4.69) is 18.6 Å². The fraction of sp³-hybridized carbons (Fsp3) is 0.533. The first kappa shape index (κ1) is 16.4. The average molecular weight is 326 g/mol. The Morgan fingerprint density at radius 3 is 2.43 bits per heavy atom. The summed E-state index contributed by atoms with van der Waals surface area (Å²) in [4.78, 5) is 0.525. The third kappa shape index (κ3) is 3.62. The highest BCUT2D eigenvalue weighted by atomic mass is 32.2. The van der Waals surface area contributed by atoms with E-state index in [1.165, 1.54) is 0 Å². The fourth-order valence-electron chi connectivity index (χ4n) is 3.06. The maximum absolute atomic E-state index is 12.4. The quantitative estimate of drug-likeness (QED) is 0.815. The average Bonchev–Trinajstić information content (AvgIpc) is 2.79. The van der Waals surface area contributed by atoms with Crippen LogP contribution in [0.25, 0.3) is 0 Å². The molecular formula is C15H22N2O2S2. The minimum absolute atomic E-state index is 0.0233. The number of thiocarbonyl (C=S) groups is 1. The summed E-state index contributed by atoms with van der Waals surface area (Å²) in [5.41, 5.74) is 6.19. The van der Waals surface area contributed by atoms with Crippen molar-refractivity contribution in [2.75, 3.05) is 0 Å². The van der Waals surface area contributed by atoms with Crippen LogP contribution in [0.3, 0.4) is 0 Å². The van der Waals surface area contributed by atoms with Crippen LogP contribution in [0, 0.1) is 11.8 Å². The van der Waals surface area contributed by atoms with Crippen LogP contribution in [-0.4, -0.2) is 19.4 Å². The minimum atomic E-state index is -3.48. The largest absolute Gasteiger partial charge is 0.389 e. The molecule has 0 spiro atoms. The summed E-state index contributed by atoms with van der Waals surface area (Å²) in [6.07, 6.45) is 3.09. The van der Waals surface area contributed by atoms with Crippen molar-refractivity contribution in [3.05, 3.63) is 29.8 Å². The zero-order valence-corrected chi connectivity index (χ0v) is 14.0. The van der Waals surface area contributed by atoms with Crippen LogP contribution < -0.4 is 10.5 Å². The van der Waals surface area contributed by atoms with Gasteiger partial charge in [-0.15, -0.1) is 0 Å². The van der Waals surface area contributed by atoms with E-state index in [1.54, 1.807) is 24.3 Å². The molecule has 21 heavy (non-hydrogen) atoms. The lowest BCUT2D eigenvalue weighted by Gasteiger charge is -2.21. The van der Waals surface area contributed by atoms with E-state index in [0.717, 1.165) is 19.3 Å². The van der Waals surface area contributed by atoms with Gasteiger partial charge in [-0.1, -0.05) is 44.6 Å². The van der Waals surface area contributed by atoms with Crippen molar-refractivity contribution in [2.45, 2.75) is 44.0 Å². The lowest BCUT2D eigenvalue weighted by atomic mass is 9.94. The second kappa shape index (κ2) is 6.42. The van der Waals surface area contributed by atoms with Crippen molar-refractivity contribution in [3.63, 3.8) is 0 Å². The van der Waals surface area contributed by atoms with Gasteiger partial charge in [0.05, 0.1) is 4.90 Å². The molecule has 1 aromatic rings. The van der Waals surface area contributed by atoms with E-state index < -0.39 is 10.0 Å². The Labute approximate surface area is 132 Å². The van der Waals surface area contributed by atoms with Crippen molar-refractivity contribution < 1.29 is 8.42 Å². The normalized spacial score (nSPS) is 25.9. The molecule has 0 bridgehead atoms. The van der Waals surface area contributed by atoms with E-state index in [0.29, 0.717) is 17.4 Å². The van der Waals surface area contributed by atoms with Crippen LogP contribution in [0.4, 0.5) is 0 Å². The summed E-state index contributed by atoms with van der Waals surface area (Å²) < 4.78 is 27.7.